The van der Waals surface area contributed by atoms with Crippen molar-refractivity contribution in [2.45, 2.75) is 12.2 Å². The van der Waals surface area contributed by atoms with E-state index in [4.69, 9.17) is 9.47 Å². The van der Waals surface area contributed by atoms with Crippen molar-refractivity contribution in [2.75, 3.05) is 0 Å². The van der Waals surface area contributed by atoms with Crippen LogP contribution in [0.5, 0.6) is 23.0 Å². The summed E-state index contributed by atoms with van der Waals surface area (Å²) in [4.78, 5) is 25.7. The Bertz CT molecular complexity index is 1030. The van der Waals surface area contributed by atoms with Gasteiger partial charge in [-0.05, 0) is 24.3 Å². The number of ether oxygens (including phenoxy) is 2. The number of carbonyl (C=O) groups is 2. The summed E-state index contributed by atoms with van der Waals surface area (Å²) in [6.07, 6.45) is 2.48. The fourth-order valence-corrected chi connectivity index (χ4v) is 3.63. The van der Waals surface area contributed by atoms with E-state index in [1.807, 2.05) is 0 Å². The second-order valence-corrected chi connectivity index (χ2v) is 6.05. The number of rotatable bonds is 0. The van der Waals surface area contributed by atoms with Crippen LogP contribution in [0.1, 0.15) is 43.3 Å². The van der Waals surface area contributed by atoms with Crippen LogP contribution in [0, 0.1) is 0 Å². The molecule has 2 aromatic rings. The van der Waals surface area contributed by atoms with Crippen molar-refractivity contribution in [2.24, 2.45) is 0 Å². The molecule has 0 spiro atoms. The van der Waals surface area contributed by atoms with Gasteiger partial charge in [0.2, 0.25) is 5.78 Å². The zero-order valence-electron chi connectivity index (χ0n) is 12.5. The van der Waals surface area contributed by atoms with Crippen molar-refractivity contribution < 1.29 is 34.4 Å². The molecule has 7 heteroatoms. The highest BCUT2D eigenvalue weighted by atomic mass is 16.7. The van der Waals surface area contributed by atoms with E-state index < -0.39 is 29.4 Å². The quantitative estimate of drug-likeness (QED) is 0.537. The molecule has 25 heavy (non-hydrogen) atoms. The van der Waals surface area contributed by atoms with Crippen molar-refractivity contribution >= 4 is 11.6 Å². The second-order valence-electron chi connectivity index (χ2n) is 6.05. The molecule has 124 valence electrons. The Labute approximate surface area is 140 Å². The van der Waals surface area contributed by atoms with Crippen molar-refractivity contribution in [1.82, 2.24) is 0 Å². The Balaban J connectivity index is 1.82. The van der Waals surface area contributed by atoms with E-state index in [1.54, 1.807) is 6.08 Å². The number of phenolic OH excluding ortho intramolecular Hbond substituents is 3. The second kappa shape index (κ2) is 4.32. The Hall–Kier alpha value is -3.48. The van der Waals surface area contributed by atoms with Crippen molar-refractivity contribution in [3.05, 3.63) is 58.4 Å². The molecule has 0 aromatic heterocycles. The van der Waals surface area contributed by atoms with Crippen LogP contribution in [0.4, 0.5) is 0 Å². The summed E-state index contributed by atoms with van der Waals surface area (Å²) < 4.78 is 10.9. The van der Waals surface area contributed by atoms with Crippen LogP contribution >= 0.6 is 0 Å². The van der Waals surface area contributed by atoms with Gasteiger partial charge in [-0.3, -0.25) is 9.59 Å². The van der Waals surface area contributed by atoms with Crippen molar-refractivity contribution in [3.63, 3.8) is 0 Å². The van der Waals surface area contributed by atoms with E-state index >= 15 is 0 Å². The van der Waals surface area contributed by atoms with E-state index in [9.17, 15) is 24.9 Å². The van der Waals surface area contributed by atoms with E-state index in [1.165, 1.54) is 12.3 Å². The average Bonchev–Trinajstić information content (AvgIpc) is 3.14. The van der Waals surface area contributed by atoms with Crippen LogP contribution in [0.3, 0.4) is 0 Å². The van der Waals surface area contributed by atoms with Crippen LogP contribution in [-0.4, -0.2) is 33.2 Å². The third kappa shape index (κ3) is 1.54. The third-order valence-electron chi connectivity index (χ3n) is 4.76. The highest BCUT2D eigenvalue weighted by Crippen LogP contribution is 2.51. The summed E-state index contributed by atoms with van der Waals surface area (Å²) in [6, 6.07) is 3.63. The first-order valence-corrected chi connectivity index (χ1v) is 7.52. The number of carbonyl (C=O) groups excluding carboxylic acids is 2. The van der Waals surface area contributed by atoms with E-state index in [0.29, 0.717) is 5.56 Å². The maximum Gasteiger partial charge on any atom is 0.250 e. The van der Waals surface area contributed by atoms with Crippen molar-refractivity contribution in [3.8, 4) is 23.0 Å². The number of benzene rings is 2. The van der Waals surface area contributed by atoms with E-state index in [-0.39, 0.29) is 39.7 Å². The molecule has 0 unspecified atom stereocenters. The van der Waals surface area contributed by atoms with Gasteiger partial charge in [0.1, 0.15) is 23.0 Å². The highest BCUT2D eigenvalue weighted by Gasteiger charge is 2.44. The van der Waals surface area contributed by atoms with E-state index in [2.05, 4.69) is 0 Å². The number of phenols is 3. The summed E-state index contributed by atoms with van der Waals surface area (Å²) in [5.41, 5.74) is -0.533. The lowest BCUT2D eigenvalue weighted by Gasteiger charge is -2.21. The van der Waals surface area contributed by atoms with Gasteiger partial charge in [-0.2, -0.15) is 0 Å². The number of hydrogen-bond donors (Lipinski definition) is 3. The lowest BCUT2D eigenvalue weighted by Crippen LogP contribution is -2.22. The maximum atomic E-state index is 12.9. The van der Waals surface area contributed by atoms with Gasteiger partial charge in [-0.25, -0.2) is 0 Å². The maximum absolute atomic E-state index is 12.9. The third-order valence-corrected chi connectivity index (χ3v) is 4.76. The molecule has 0 radical (unpaired) electrons. The smallest absolute Gasteiger partial charge is 0.250 e. The summed E-state index contributed by atoms with van der Waals surface area (Å²) in [5, 5.41) is 30.7. The Morgan fingerprint density at radius 2 is 1.60 bits per heavy atom. The summed E-state index contributed by atoms with van der Waals surface area (Å²) in [5.74, 6) is -2.77. The zero-order valence-corrected chi connectivity index (χ0v) is 12.5. The van der Waals surface area contributed by atoms with Crippen molar-refractivity contribution in [1.29, 1.82) is 0 Å². The lowest BCUT2D eigenvalue weighted by atomic mass is 9.80. The fourth-order valence-electron chi connectivity index (χ4n) is 3.63. The molecular formula is C18H10O7. The summed E-state index contributed by atoms with van der Waals surface area (Å²) in [6.45, 7) is 0. The number of fused-ring (bicyclic) bond motifs is 5. The van der Waals surface area contributed by atoms with Gasteiger partial charge < -0.3 is 24.8 Å². The molecule has 0 amide bonds. The molecule has 0 bridgehead atoms. The standard InChI is InChI=1S/C18H10O7/c19-8-1-2-9(20)14-13(8)15(21)7-5-10-11(16(22)12(7)17(14)23)6-3-4-24-18(6)25-10/h1-6,18-20,22H/t6-,18+/m0/s1. The topological polar surface area (TPSA) is 113 Å². The minimum Gasteiger partial charge on any atom is -0.507 e. The lowest BCUT2D eigenvalue weighted by molar-refractivity contribution is -0.00487. The Kier molecular flexibility index (Phi) is 2.41. The molecular weight excluding hydrogens is 328 g/mol. The molecule has 2 aromatic carbocycles. The molecule has 0 fully saturated rings. The molecule has 2 atom stereocenters. The number of aromatic hydroxyl groups is 3. The van der Waals surface area contributed by atoms with Gasteiger partial charge >= 0.3 is 0 Å². The average molecular weight is 338 g/mol. The van der Waals surface area contributed by atoms with Gasteiger partial charge in [0.05, 0.1) is 34.4 Å². The predicted molar refractivity (Wildman–Crippen MR) is 82.1 cm³/mol. The first-order valence-electron chi connectivity index (χ1n) is 7.52. The monoisotopic (exact) mass is 338 g/mol. The first-order chi connectivity index (χ1) is 12.0. The molecule has 3 aliphatic rings. The Morgan fingerprint density at radius 3 is 2.32 bits per heavy atom. The normalized spacial score (nSPS) is 21.9. The molecule has 7 nitrogen and oxygen atoms in total. The van der Waals surface area contributed by atoms with Crippen LogP contribution in [0.2, 0.25) is 0 Å². The van der Waals surface area contributed by atoms with Gasteiger partial charge in [-0.15, -0.1) is 0 Å². The molecule has 5 rings (SSSR count). The molecule has 2 aliphatic heterocycles. The number of hydrogen-bond acceptors (Lipinski definition) is 7. The summed E-state index contributed by atoms with van der Waals surface area (Å²) in [7, 11) is 0. The number of ketones is 2. The predicted octanol–water partition coefficient (Wildman–Crippen LogP) is 1.92. The molecule has 1 aliphatic carbocycles. The molecule has 0 saturated carbocycles. The minimum absolute atomic E-state index is 0.0846. The highest BCUT2D eigenvalue weighted by molar-refractivity contribution is 6.31. The Morgan fingerprint density at radius 1 is 0.920 bits per heavy atom. The molecule has 2 heterocycles. The first kappa shape index (κ1) is 13.9. The van der Waals surface area contributed by atoms with Gasteiger partial charge in [0.25, 0.3) is 6.29 Å². The van der Waals surface area contributed by atoms with Crippen LogP contribution in [0.25, 0.3) is 0 Å². The fraction of sp³-hybridized carbons (Fsp3) is 0.111. The van der Waals surface area contributed by atoms with Crippen LogP contribution in [0.15, 0.2) is 30.5 Å². The minimum atomic E-state index is -0.732. The largest absolute Gasteiger partial charge is 0.507 e. The molecule has 3 N–H and O–H groups in total. The van der Waals surface area contributed by atoms with Crippen LogP contribution in [-0.2, 0) is 4.74 Å². The summed E-state index contributed by atoms with van der Waals surface area (Å²) >= 11 is 0. The van der Waals surface area contributed by atoms with Gasteiger partial charge in [-0.1, -0.05) is 0 Å². The SMILES string of the molecule is O=C1c2cc3c(c(O)c2C(=O)c2c(O)ccc(O)c21)[C@@H]1C=CO[C@@H]1O3. The van der Waals surface area contributed by atoms with E-state index in [0.717, 1.165) is 12.1 Å². The van der Waals surface area contributed by atoms with Gasteiger partial charge in [0, 0.05) is 5.56 Å². The molecule has 0 saturated heterocycles. The zero-order chi connectivity index (χ0) is 17.5. The van der Waals surface area contributed by atoms with Crippen LogP contribution < -0.4 is 4.74 Å². The van der Waals surface area contributed by atoms with Gasteiger partial charge in [0.15, 0.2) is 5.78 Å².